The number of aryl methyl sites for hydroxylation is 2. The van der Waals surface area contributed by atoms with E-state index in [0.29, 0.717) is 6.42 Å². The van der Waals surface area contributed by atoms with Gasteiger partial charge in [-0.3, -0.25) is 9.48 Å². The van der Waals surface area contributed by atoms with Crippen LogP contribution >= 0.6 is 0 Å². The zero-order valence-corrected chi connectivity index (χ0v) is 10.7. The Bertz CT molecular complexity index is 502. The smallest absolute Gasteiger partial charge is 0.343 e. The van der Waals surface area contributed by atoms with Crippen molar-refractivity contribution < 1.29 is 19.1 Å². The summed E-state index contributed by atoms with van der Waals surface area (Å²) in [5, 5.41) is 12.8. The molecule has 0 radical (unpaired) electrons. The molecule has 0 saturated carbocycles. The number of carboxylic acid groups (broad SMARTS) is 1. The van der Waals surface area contributed by atoms with Crippen LogP contribution in [0.3, 0.4) is 0 Å². The number of amides is 1. The first-order valence-corrected chi connectivity index (χ1v) is 6.08. The molecule has 6 nitrogen and oxygen atoms in total. The minimum atomic E-state index is -2.29. The van der Waals surface area contributed by atoms with Crippen LogP contribution in [0.1, 0.15) is 18.4 Å². The number of hydrogen-bond acceptors (Lipinski definition) is 3. The summed E-state index contributed by atoms with van der Waals surface area (Å²) in [6, 6.07) is 0. The van der Waals surface area contributed by atoms with E-state index in [-0.39, 0.29) is 31.8 Å². The molecular formula is C12H16FN3O3. The highest BCUT2D eigenvalue weighted by molar-refractivity contribution is 5.82. The van der Waals surface area contributed by atoms with E-state index in [2.05, 4.69) is 5.10 Å². The van der Waals surface area contributed by atoms with E-state index in [1.807, 2.05) is 6.20 Å². The number of carboxylic acids is 1. The SMILES string of the molecule is Cn1cc(CCC(=O)N2CCC(F)(C(=O)O)C2)cn1. The lowest BCUT2D eigenvalue weighted by Gasteiger charge is -2.17. The van der Waals surface area contributed by atoms with Crippen molar-refractivity contribution in [3.05, 3.63) is 18.0 Å². The van der Waals surface area contributed by atoms with Crippen molar-refractivity contribution in [3.8, 4) is 0 Å². The Hall–Kier alpha value is -1.92. The molecule has 104 valence electrons. The highest BCUT2D eigenvalue weighted by Gasteiger charge is 2.46. The van der Waals surface area contributed by atoms with Crippen LogP contribution in [0.15, 0.2) is 12.4 Å². The van der Waals surface area contributed by atoms with Crippen LogP contribution in [0, 0.1) is 0 Å². The van der Waals surface area contributed by atoms with Crippen molar-refractivity contribution in [1.82, 2.24) is 14.7 Å². The normalized spacial score (nSPS) is 22.7. The number of carbonyl (C=O) groups is 2. The molecule has 0 aliphatic carbocycles. The van der Waals surface area contributed by atoms with Crippen molar-refractivity contribution in [2.75, 3.05) is 13.1 Å². The van der Waals surface area contributed by atoms with Gasteiger partial charge < -0.3 is 10.0 Å². The molecule has 1 amide bonds. The second-order valence-electron chi connectivity index (χ2n) is 4.86. The highest BCUT2D eigenvalue weighted by Crippen LogP contribution is 2.26. The van der Waals surface area contributed by atoms with Gasteiger partial charge in [0.15, 0.2) is 0 Å². The molecule has 7 heteroatoms. The van der Waals surface area contributed by atoms with Crippen LogP contribution < -0.4 is 0 Å². The molecule has 1 aliphatic rings. The highest BCUT2D eigenvalue weighted by atomic mass is 19.1. The van der Waals surface area contributed by atoms with Gasteiger partial charge in [0.05, 0.1) is 12.7 Å². The summed E-state index contributed by atoms with van der Waals surface area (Å²) in [4.78, 5) is 23.9. The van der Waals surface area contributed by atoms with Crippen molar-refractivity contribution in [2.45, 2.75) is 24.9 Å². The second-order valence-corrected chi connectivity index (χ2v) is 4.86. The Morgan fingerprint density at radius 1 is 1.58 bits per heavy atom. The van der Waals surface area contributed by atoms with Gasteiger partial charge in [-0.05, 0) is 12.0 Å². The van der Waals surface area contributed by atoms with Gasteiger partial charge in [-0.15, -0.1) is 0 Å². The maximum atomic E-state index is 13.8. The maximum absolute atomic E-state index is 13.8. The summed E-state index contributed by atoms with van der Waals surface area (Å²) in [7, 11) is 1.79. The third-order valence-electron chi connectivity index (χ3n) is 3.34. The van der Waals surface area contributed by atoms with Gasteiger partial charge in [0.1, 0.15) is 0 Å². The number of aliphatic carboxylic acids is 1. The molecule has 1 N–H and O–H groups in total. The molecule has 0 bridgehead atoms. The fourth-order valence-corrected chi connectivity index (χ4v) is 2.17. The van der Waals surface area contributed by atoms with Gasteiger partial charge >= 0.3 is 5.97 Å². The van der Waals surface area contributed by atoms with Gasteiger partial charge in [0.25, 0.3) is 0 Å². The van der Waals surface area contributed by atoms with Crippen LogP contribution in [0.4, 0.5) is 4.39 Å². The van der Waals surface area contributed by atoms with Crippen molar-refractivity contribution in [3.63, 3.8) is 0 Å². The van der Waals surface area contributed by atoms with Crippen LogP contribution in [0.5, 0.6) is 0 Å². The van der Waals surface area contributed by atoms with Gasteiger partial charge in [-0.2, -0.15) is 5.10 Å². The second kappa shape index (κ2) is 4.99. The summed E-state index contributed by atoms with van der Waals surface area (Å²) in [6.07, 6.45) is 4.11. The molecule has 2 heterocycles. The monoisotopic (exact) mass is 269 g/mol. The van der Waals surface area contributed by atoms with E-state index in [0.717, 1.165) is 5.56 Å². The van der Waals surface area contributed by atoms with Crippen molar-refractivity contribution in [2.24, 2.45) is 7.05 Å². The minimum absolute atomic E-state index is 0.138. The molecule has 1 aromatic heterocycles. The number of aromatic nitrogens is 2. The number of hydrogen-bond donors (Lipinski definition) is 1. The molecule has 0 spiro atoms. The molecule has 1 aromatic rings. The molecule has 2 rings (SSSR count). The number of halogens is 1. The first-order chi connectivity index (χ1) is 8.90. The number of carbonyl (C=O) groups excluding carboxylic acids is 1. The van der Waals surface area contributed by atoms with Crippen molar-refractivity contribution in [1.29, 1.82) is 0 Å². The number of alkyl halides is 1. The first kappa shape index (κ1) is 13.5. The van der Waals surface area contributed by atoms with Crippen LogP contribution in [-0.2, 0) is 23.1 Å². The lowest BCUT2D eigenvalue weighted by molar-refractivity contribution is -0.150. The Morgan fingerprint density at radius 2 is 2.32 bits per heavy atom. The minimum Gasteiger partial charge on any atom is -0.479 e. The number of likely N-dealkylation sites (tertiary alicyclic amines) is 1. The predicted octanol–water partition coefficient (Wildman–Crippen LogP) is 0.378. The molecule has 19 heavy (non-hydrogen) atoms. The number of nitrogens with zero attached hydrogens (tertiary/aromatic N) is 3. The fourth-order valence-electron chi connectivity index (χ4n) is 2.17. The average Bonchev–Trinajstić information content (AvgIpc) is 2.94. The van der Waals surface area contributed by atoms with E-state index in [1.165, 1.54) is 4.90 Å². The van der Waals surface area contributed by atoms with Gasteiger partial charge in [0.2, 0.25) is 11.6 Å². The van der Waals surface area contributed by atoms with Crippen LogP contribution in [0.2, 0.25) is 0 Å². The van der Waals surface area contributed by atoms with Crippen LogP contribution in [0.25, 0.3) is 0 Å². The van der Waals surface area contributed by atoms with E-state index < -0.39 is 11.6 Å². The third-order valence-corrected chi connectivity index (χ3v) is 3.34. The Balaban J connectivity index is 1.86. The lowest BCUT2D eigenvalue weighted by Crippen LogP contribution is -2.38. The van der Waals surface area contributed by atoms with Crippen LogP contribution in [-0.4, -0.2) is 50.4 Å². The first-order valence-electron chi connectivity index (χ1n) is 6.08. The van der Waals surface area contributed by atoms with Gasteiger partial charge in [-0.25, -0.2) is 9.18 Å². The Labute approximate surface area is 109 Å². The standard InChI is InChI=1S/C12H16FN3O3/c1-15-7-9(6-14-15)2-3-10(17)16-5-4-12(13,8-16)11(18)19/h6-7H,2-5,8H2,1H3,(H,18,19). The molecule has 0 aromatic carbocycles. The molecule has 1 fully saturated rings. The summed E-state index contributed by atoms with van der Waals surface area (Å²) >= 11 is 0. The van der Waals surface area contributed by atoms with E-state index >= 15 is 0 Å². The molecule has 1 saturated heterocycles. The van der Waals surface area contributed by atoms with Crippen molar-refractivity contribution >= 4 is 11.9 Å². The summed E-state index contributed by atoms with van der Waals surface area (Å²) < 4.78 is 15.5. The topological polar surface area (TPSA) is 75.4 Å². The Kier molecular flexibility index (Phi) is 3.55. The van der Waals surface area contributed by atoms with E-state index in [9.17, 15) is 14.0 Å². The molecule has 1 aliphatic heterocycles. The van der Waals surface area contributed by atoms with Gasteiger partial charge in [-0.1, -0.05) is 0 Å². The molecular weight excluding hydrogens is 253 g/mol. The summed E-state index contributed by atoms with van der Waals surface area (Å²) in [6.45, 7) is -0.192. The predicted molar refractivity (Wildman–Crippen MR) is 64.2 cm³/mol. The van der Waals surface area contributed by atoms with E-state index in [1.54, 1.807) is 17.9 Å². The quantitative estimate of drug-likeness (QED) is 0.857. The molecule has 1 atom stereocenters. The zero-order valence-electron chi connectivity index (χ0n) is 10.7. The number of rotatable bonds is 4. The largest absolute Gasteiger partial charge is 0.479 e. The summed E-state index contributed by atoms with van der Waals surface area (Å²) in [5.74, 6) is -1.71. The zero-order chi connectivity index (χ0) is 14.0. The van der Waals surface area contributed by atoms with Gasteiger partial charge in [0, 0.05) is 32.6 Å². The third kappa shape index (κ3) is 2.91. The maximum Gasteiger partial charge on any atom is 0.343 e. The summed E-state index contributed by atoms with van der Waals surface area (Å²) in [5.41, 5.74) is -1.36. The average molecular weight is 269 g/mol. The molecule has 1 unspecified atom stereocenters. The van der Waals surface area contributed by atoms with E-state index in [4.69, 9.17) is 5.11 Å². The fraction of sp³-hybridized carbons (Fsp3) is 0.583. The Morgan fingerprint density at radius 3 is 2.84 bits per heavy atom. The lowest BCUT2D eigenvalue weighted by atomic mass is 10.1.